The Morgan fingerprint density at radius 1 is 1.39 bits per heavy atom. The fourth-order valence-corrected chi connectivity index (χ4v) is 2.49. The molecule has 0 aromatic heterocycles. The van der Waals surface area contributed by atoms with Gasteiger partial charge in [-0.3, -0.25) is 0 Å². The Morgan fingerprint density at radius 3 is 2.72 bits per heavy atom. The Morgan fingerprint density at radius 2 is 2.11 bits per heavy atom. The zero-order chi connectivity index (χ0) is 13.1. The van der Waals surface area contributed by atoms with E-state index >= 15 is 0 Å². The summed E-state index contributed by atoms with van der Waals surface area (Å²) in [5.41, 5.74) is 6.58. The van der Waals surface area contributed by atoms with Gasteiger partial charge >= 0.3 is 0 Å². The average Bonchev–Trinajstić information content (AvgIpc) is 2.80. The fraction of sp³-hybridized carbons (Fsp3) is 0.538. The summed E-state index contributed by atoms with van der Waals surface area (Å²) in [5.74, 6) is -0.0148. The lowest BCUT2D eigenvalue weighted by atomic mass is 10.1. The minimum Gasteiger partial charge on any atom is -0.399 e. The molecule has 100 valence electrons. The third-order valence-corrected chi connectivity index (χ3v) is 3.39. The van der Waals surface area contributed by atoms with Gasteiger partial charge in [0, 0.05) is 38.9 Å². The lowest BCUT2D eigenvalue weighted by molar-refractivity contribution is -0.132. The van der Waals surface area contributed by atoms with Crippen LogP contribution in [0, 0.1) is 11.7 Å². The number of benzene rings is 1. The quantitative estimate of drug-likeness (QED) is 0.658. The van der Waals surface area contributed by atoms with Gasteiger partial charge in [-0.25, -0.2) is 4.39 Å². The van der Waals surface area contributed by atoms with Crippen molar-refractivity contribution in [3.05, 3.63) is 24.0 Å². The summed E-state index contributed by atoms with van der Waals surface area (Å²) in [7, 11) is 3.25. The van der Waals surface area contributed by atoms with Crippen molar-refractivity contribution in [3.63, 3.8) is 0 Å². The number of halogens is 1. The second kappa shape index (κ2) is 5.54. The molecule has 5 heteroatoms. The van der Waals surface area contributed by atoms with Crippen molar-refractivity contribution in [2.24, 2.45) is 5.92 Å². The molecular weight excluding hydrogens is 235 g/mol. The summed E-state index contributed by atoms with van der Waals surface area (Å²) in [4.78, 5) is 2.00. The van der Waals surface area contributed by atoms with Crippen molar-refractivity contribution >= 4 is 11.4 Å². The zero-order valence-electron chi connectivity index (χ0n) is 10.7. The van der Waals surface area contributed by atoms with Crippen molar-refractivity contribution in [3.8, 4) is 0 Å². The molecule has 2 N–H and O–H groups in total. The predicted octanol–water partition coefficient (Wildman–Crippen LogP) is 1.85. The van der Waals surface area contributed by atoms with Crippen molar-refractivity contribution in [2.45, 2.75) is 12.7 Å². The van der Waals surface area contributed by atoms with Gasteiger partial charge in [-0.15, -0.1) is 0 Å². The van der Waals surface area contributed by atoms with Crippen molar-refractivity contribution < 1.29 is 13.9 Å². The summed E-state index contributed by atoms with van der Waals surface area (Å²) in [6, 6.07) is 4.80. The van der Waals surface area contributed by atoms with Gasteiger partial charge in [0.1, 0.15) is 5.82 Å². The van der Waals surface area contributed by atoms with E-state index in [1.807, 2.05) is 4.90 Å². The molecule has 0 aliphatic carbocycles. The van der Waals surface area contributed by atoms with Crippen LogP contribution in [0.4, 0.5) is 15.8 Å². The van der Waals surface area contributed by atoms with E-state index in [1.165, 1.54) is 6.07 Å². The molecule has 1 aromatic carbocycles. The van der Waals surface area contributed by atoms with E-state index in [0.29, 0.717) is 11.4 Å². The average molecular weight is 254 g/mol. The number of rotatable bonds is 4. The minimum atomic E-state index is -0.276. The maximum Gasteiger partial charge on any atom is 0.161 e. The Hall–Kier alpha value is -1.33. The number of nitrogens with two attached hydrogens (primary N) is 1. The normalized spacial score (nSPS) is 19.8. The topological polar surface area (TPSA) is 47.7 Å². The second-order valence-electron chi connectivity index (χ2n) is 4.55. The highest BCUT2D eigenvalue weighted by Gasteiger charge is 2.30. The molecule has 1 unspecified atom stereocenters. The van der Waals surface area contributed by atoms with Gasteiger partial charge < -0.3 is 20.1 Å². The molecule has 18 heavy (non-hydrogen) atoms. The van der Waals surface area contributed by atoms with E-state index in [0.717, 1.165) is 19.5 Å². The number of anilines is 2. The first-order chi connectivity index (χ1) is 8.65. The Balaban J connectivity index is 2.08. The molecule has 1 aromatic rings. The molecule has 4 nitrogen and oxygen atoms in total. The van der Waals surface area contributed by atoms with Crippen LogP contribution in [0.3, 0.4) is 0 Å². The second-order valence-corrected chi connectivity index (χ2v) is 4.55. The lowest BCUT2D eigenvalue weighted by Crippen LogP contribution is -2.28. The van der Waals surface area contributed by atoms with Gasteiger partial charge in [-0.05, 0) is 24.6 Å². The largest absolute Gasteiger partial charge is 0.399 e. The van der Waals surface area contributed by atoms with Gasteiger partial charge in [0.15, 0.2) is 6.29 Å². The van der Waals surface area contributed by atoms with Gasteiger partial charge in [0.05, 0.1) is 5.69 Å². The fourth-order valence-electron chi connectivity index (χ4n) is 2.49. The summed E-state index contributed by atoms with van der Waals surface area (Å²) in [6.45, 7) is 1.53. The standard InChI is InChI=1S/C13H19FN2O2/c1-17-13(18-2)9-5-6-16(8-9)12-4-3-10(15)7-11(12)14/h3-4,7,9,13H,5-6,8,15H2,1-2H3. The van der Waals surface area contributed by atoms with Crippen LogP contribution in [0.15, 0.2) is 18.2 Å². The molecule has 0 saturated carbocycles. The molecule has 0 spiro atoms. The SMILES string of the molecule is COC(OC)C1CCN(c2ccc(N)cc2F)C1. The Kier molecular flexibility index (Phi) is 4.04. The van der Waals surface area contributed by atoms with Crippen LogP contribution in [0.2, 0.25) is 0 Å². The molecule has 1 heterocycles. The summed E-state index contributed by atoms with van der Waals surface area (Å²) in [6.07, 6.45) is 0.697. The van der Waals surface area contributed by atoms with Crippen LogP contribution in [-0.4, -0.2) is 33.6 Å². The van der Waals surface area contributed by atoms with Gasteiger partial charge in [0.25, 0.3) is 0 Å². The number of methoxy groups -OCH3 is 2. The molecule has 1 fully saturated rings. The highest BCUT2D eigenvalue weighted by molar-refractivity contribution is 5.55. The van der Waals surface area contributed by atoms with E-state index in [4.69, 9.17) is 15.2 Å². The van der Waals surface area contributed by atoms with E-state index < -0.39 is 0 Å². The predicted molar refractivity (Wildman–Crippen MR) is 68.9 cm³/mol. The molecule has 1 saturated heterocycles. The van der Waals surface area contributed by atoms with E-state index in [1.54, 1.807) is 26.4 Å². The number of hydrogen-bond donors (Lipinski definition) is 1. The first kappa shape index (κ1) is 13.1. The molecule has 0 amide bonds. The van der Waals surface area contributed by atoms with E-state index in [-0.39, 0.29) is 18.0 Å². The van der Waals surface area contributed by atoms with Crippen LogP contribution >= 0.6 is 0 Å². The van der Waals surface area contributed by atoms with Crippen LogP contribution in [0.1, 0.15) is 6.42 Å². The number of nitrogen functional groups attached to an aromatic ring is 1. The molecule has 1 aliphatic heterocycles. The third-order valence-electron chi connectivity index (χ3n) is 3.39. The Bertz CT molecular complexity index is 410. The molecule has 0 radical (unpaired) electrons. The molecule has 0 bridgehead atoms. The smallest absolute Gasteiger partial charge is 0.161 e. The van der Waals surface area contributed by atoms with Gasteiger partial charge in [-0.1, -0.05) is 0 Å². The van der Waals surface area contributed by atoms with E-state index in [9.17, 15) is 4.39 Å². The van der Waals surface area contributed by atoms with Crippen molar-refractivity contribution in [2.75, 3.05) is 37.9 Å². The molecule has 1 aliphatic rings. The third kappa shape index (κ3) is 2.57. The number of hydrogen-bond acceptors (Lipinski definition) is 4. The van der Waals surface area contributed by atoms with Gasteiger partial charge in [-0.2, -0.15) is 0 Å². The highest BCUT2D eigenvalue weighted by Crippen LogP contribution is 2.29. The summed E-state index contributed by atoms with van der Waals surface area (Å²) in [5, 5.41) is 0. The molecule has 1 atom stereocenters. The number of ether oxygens (including phenoxy) is 2. The number of nitrogens with zero attached hydrogens (tertiary/aromatic N) is 1. The van der Waals surface area contributed by atoms with Crippen LogP contribution in [0.5, 0.6) is 0 Å². The van der Waals surface area contributed by atoms with Gasteiger partial charge in [0.2, 0.25) is 0 Å². The lowest BCUT2D eigenvalue weighted by Gasteiger charge is -2.22. The maximum absolute atomic E-state index is 13.8. The first-order valence-corrected chi connectivity index (χ1v) is 6.01. The monoisotopic (exact) mass is 254 g/mol. The molecule has 2 rings (SSSR count). The van der Waals surface area contributed by atoms with Crippen LogP contribution < -0.4 is 10.6 Å². The molecular formula is C13H19FN2O2. The zero-order valence-corrected chi connectivity index (χ0v) is 10.7. The minimum absolute atomic E-state index is 0.230. The summed E-state index contributed by atoms with van der Waals surface area (Å²) < 4.78 is 24.3. The summed E-state index contributed by atoms with van der Waals surface area (Å²) >= 11 is 0. The first-order valence-electron chi connectivity index (χ1n) is 6.01. The van der Waals surface area contributed by atoms with Crippen molar-refractivity contribution in [1.82, 2.24) is 0 Å². The van der Waals surface area contributed by atoms with Crippen LogP contribution in [-0.2, 0) is 9.47 Å². The van der Waals surface area contributed by atoms with E-state index in [2.05, 4.69) is 0 Å². The van der Waals surface area contributed by atoms with Crippen molar-refractivity contribution in [1.29, 1.82) is 0 Å². The van der Waals surface area contributed by atoms with Crippen LogP contribution in [0.25, 0.3) is 0 Å². The Labute approximate surface area is 106 Å². The maximum atomic E-state index is 13.8. The highest BCUT2D eigenvalue weighted by atomic mass is 19.1.